The molecule has 0 saturated carbocycles. The maximum atomic E-state index is 12.5. The van der Waals surface area contributed by atoms with Gasteiger partial charge >= 0.3 is 0 Å². The zero-order valence-corrected chi connectivity index (χ0v) is 17.0. The lowest BCUT2D eigenvalue weighted by Gasteiger charge is -2.08. The van der Waals surface area contributed by atoms with Crippen LogP contribution < -0.4 is 5.32 Å². The predicted molar refractivity (Wildman–Crippen MR) is 114 cm³/mol. The van der Waals surface area contributed by atoms with Crippen molar-refractivity contribution in [3.05, 3.63) is 79.2 Å². The number of thiazole rings is 1. The molecule has 0 radical (unpaired) electrons. The fraction of sp³-hybridized carbons (Fsp3) is 0.200. The number of hydrogen-bond acceptors (Lipinski definition) is 7. The molecule has 0 aliphatic carbocycles. The van der Waals surface area contributed by atoms with Crippen molar-refractivity contribution in [1.29, 1.82) is 0 Å². The van der Waals surface area contributed by atoms with Crippen LogP contribution in [0.4, 0.5) is 16.5 Å². The SMILES string of the molecule is CCC(C)c1ccc(-c2csc(NC(=O)c3cc([N+](=O)[O-])cc([N+](=O)[O-])c3)n2)cc1. The highest BCUT2D eigenvalue weighted by molar-refractivity contribution is 7.14. The highest BCUT2D eigenvalue weighted by Gasteiger charge is 2.20. The molecule has 0 bridgehead atoms. The molecular weight excluding hydrogens is 408 g/mol. The number of hydrogen-bond donors (Lipinski definition) is 1. The van der Waals surface area contributed by atoms with Crippen LogP contribution in [0.15, 0.2) is 47.8 Å². The summed E-state index contributed by atoms with van der Waals surface area (Å²) in [6.07, 6.45) is 1.04. The van der Waals surface area contributed by atoms with Gasteiger partial charge in [-0.2, -0.15) is 0 Å². The van der Waals surface area contributed by atoms with Gasteiger partial charge in [-0.05, 0) is 17.9 Å². The molecule has 0 fully saturated rings. The fourth-order valence-corrected chi connectivity index (χ4v) is 3.50. The van der Waals surface area contributed by atoms with Crippen molar-refractivity contribution in [3.8, 4) is 11.3 Å². The number of benzene rings is 2. The molecule has 3 rings (SSSR count). The number of nitro benzene ring substituents is 2. The molecule has 0 spiro atoms. The van der Waals surface area contributed by atoms with Gasteiger partial charge in [-0.15, -0.1) is 11.3 Å². The van der Waals surface area contributed by atoms with Crippen LogP contribution in [0.1, 0.15) is 42.1 Å². The van der Waals surface area contributed by atoms with Crippen LogP contribution in [-0.4, -0.2) is 20.7 Å². The first-order valence-electron chi connectivity index (χ1n) is 9.09. The Bertz CT molecular complexity index is 1080. The predicted octanol–water partition coefficient (Wildman–Crippen LogP) is 5.39. The summed E-state index contributed by atoms with van der Waals surface area (Å²) in [7, 11) is 0. The first-order chi connectivity index (χ1) is 14.3. The number of carbonyl (C=O) groups excluding carboxylic acids is 1. The number of non-ortho nitro benzene ring substituents is 2. The van der Waals surface area contributed by atoms with Crippen LogP contribution in [0.25, 0.3) is 11.3 Å². The quantitative estimate of drug-likeness (QED) is 0.398. The Morgan fingerprint density at radius 2 is 1.70 bits per heavy atom. The monoisotopic (exact) mass is 426 g/mol. The van der Waals surface area contributed by atoms with Gasteiger partial charge in [-0.3, -0.25) is 30.3 Å². The summed E-state index contributed by atoms with van der Waals surface area (Å²) in [5.74, 6) is -0.252. The molecule has 154 valence electrons. The zero-order valence-electron chi connectivity index (χ0n) is 16.2. The average Bonchev–Trinajstić information content (AvgIpc) is 3.21. The van der Waals surface area contributed by atoms with Gasteiger partial charge in [0.2, 0.25) is 0 Å². The minimum Gasteiger partial charge on any atom is -0.298 e. The number of aromatic nitrogens is 1. The zero-order chi connectivity index (χ0) is 21.8. The van der Waals surface area contributed by atoms with E-state index in [1.165, 1.54) is 16.9 Å². The maximum absolute atomic E-state index is 12.5. The molecule has 1 heterocycles. The van der Waals surface area contributed by atoms with Crippen LogP contribution in [-0.2, 0) is 0 Å². The molecule has 1 amide bonds. The molecule has 30 heavy (non-hydrogen) atoms. The van der Waals surface area contributed by atoms with Crippen LogP contribution >= 0.6 is 11.3 Å². The van der Waals surface area contributed by atoms with Crippen LogP contribution in [0.3, 0.4) is 0 Å². The molecule has 9 nitrogen and oxygen atoms in total. The normalized spacial score (nSPS) is 11.7. The number of rotatable bonds is 7. The maximum Gasteiger partial charge on any atom is 0.277 e. The van der Waals surface area contributed by atoms with Crippen LogP contribution in [0.2, 0.25) is 0 Å². The summed E-state index contributed by atoms with van der Waals surface area (Å²) >= 11 is 1.19. The van der Waals surface area contributed by atoms with E-state index in [1.54, 1.807) is 5.38 Å². The van der Waals surface area contributed by atoms with E-state index < -0.39 is 27.1 Å². The molecule has 1 N–H and O–H groups in total. The van der Waals surface area contributed by atoms with E-state index in [4.69, 9.17) is 0 Å². The second-order valence-corrected chi connectivity index (χ2v) is 7.53. The van der Waals surface area contributed by atoms with E-state index in [2.05, 4.69) is 24.1 Å². The highest BCUT2D eigenvalue weighted by Crippen LogP contribution is 2.28. The second-order valence-electron chi connectivity index (χ2n) is 6.68. The van der Waals surface area contributed by atoms with E-state index in [0.29, 0.717) is 11.6 Å². The summed E-state index contributed by atoms with van der Waals surface area (Å²) in [6, 6.07) is 10.8. The lowest BCUT2D eigenvalue weighted by Crippen LogP contribution is -2.12. The van der Waals surface area contributed by atoms with Crippen molar-refractivity contribution in [3.63, 3.8) is 0 Å². The Balaban J connectivity index is 1.80. The Labute approximate surface area is 175 Å². The third-order valence-corrected chi connectivity index (χ3v) is 5.46. The Morgan fingerprint density at radius 1 is 1.10 bits per heavy atom. The minimum atomic E-state index is -0.783. The first-order valence-corrected chi connectivity index (χ1v) is 9.97. The molecule has 0 saturated heterocycles. The molecule has 1 atom stereocenters. The molecule has 0 aliphatic heterocycles. The van der Waals surface area contributed by atoms with Crippen molar-refractivity contribution in [1.82, 2.24) is 4.98 Å². The number of nitro groups is 2. The fourth-order valence-electron chi connectivity index (χ4n) is 2.79. The molecular formula is C20H18N4O5S. The van der Waals surface area contributed by atoms with E-state index in [-0.39, 0.29) is 10.7 Å². The van der Waals surface area contributed by atoms with E-state index in [0.717, 1.165) is 30.2 Å². The van der Waals surface area contributed by atoms with Crippen LogP contribution in [0, 0.1) is 20.2 Å². The first kappa shape index (κ1) is 21.1. The smallest absolute Gasteiger partial charge is 0.277 e. The van der Waals surface area contributed by atoms with Gasteiger partial charge in [0, 0.05) is 23.1 Å². The third-order valence-electron chi connectivity index (χ3n) is 4.70. The third kappa shape index (κ3) is 4.66. The summed E-state index contributed by atoms with van der Waals surface area (Å²) in [4.78, 5) is 37.3. The standard InChI is InChI=1S/C20H18N4O5S/c1-3-12(2)13-4-6-14(7-5-13)18-11-30-20(21-18)22-19(25)15-8-16(23(26)27)10-17(9-15)24(28)29/h4-12H,3H2,1-2H3,(H,21,22,25). The van der Waals surface area contributed by atoms with Crippen molar-refractivity contribution in [2.24, 2.45) is 0 Å². The largest absolute Gasteiger partial charge is 0.298 e. The van der Waals surface area contributed by atoms with Gasteiger partial charge in [0.15, 0.2) is 5.13 Å². The summed E-state index contributed by atoms with van der Waals surface area (Å²) in [6.45, 7) is 4.29. The van der Waals surface area contributed by atoms with Crippen molar-refractivity contribution < 1.29 is 14.6 Å². The summed E-state index contributed by atoms with van der Waals surface area (Å²) in [5, 5.41) is 26.6. The van der Waals surface area contributed by atoms with Gasteiger partial charge in [0.25, 0.3) is 17.3 Å². The topological polar surface area (TPSA) is 128 Å². The number of amides is 1. The molecule has 3 aromatic rings. The number of nitrogens with zero attached hydrogens (tertiary/aromatic N) is 3. The number of carbonyl (C=O) groups is 1. The van der Waals surface area contributed by atoms with E-state index in [9.17, 15) is 25.0 Å². The van der Waals surface area contributed by atoms with Crippen molar-refractivity contribution in [2.45, 2.75) is 26.2 Å². The van der Waals surface area contributed by atoms with Gasteiger partial charge in [0.1, 0.15) is 0 Å². The second kappa shape index (κ2) is 8.78. The Kier molecular flexibility index (Phi) is 6.17. The van der Waals surface area contributed by atoms with Crippen molar-refractivity contribution >= 4 is 33.8 Å². The highest BCUT2D eigenvalue weighted by atomic mass is 32.1. The lowest BCUT2D eigenvalue weighted by molar-refractivity contribution is -0.394. The molecule has 0 aliphatic rings. The Hall–Kier alpha value is -3.66. The van der Waals surface area contributed by atoms with Crippen molar-refractivity contribution in [2.75, 3.05) is 5.32 Å². The lowest BCUT2D eigenvalue weighted by atomic mass is 9.97. The minimum absolute atomic E-state index is 0.189. The molecule has 1 unspecified atom stereocenters. The van der Waals surface area contributed by atoms with E-state index in [1.807, 2.05) is 24.3 Å². The number of anilines is 1. The van der Waals surface area contributed by atoms with Crippen LogP contribution in [0.5, 0.6) is 0 Å². The Morgan fingerprint density at radius 3 is 2.23 bits per heavy atom. The summed E-state index contributed by atoms with van der Waals surface area (Å²) < 4.78 is 0. The average molecular weight is 426 g/mol. The van der Waals surface area contributed by atoms with Gasteiger partial charge in [-0.1, -0.05) is 38.1 Å². The summed E-state index contributed by atoms with van der Waals surface area (Å²) in [5.41, 5.74) is 1.55. The van der Waals surface area contributed by atoms with Gasteiger partial charge in [0.05, 0.1) is 27.2 Å². The number of nitrogens with one attached hydrogen (secondary N) is 1. The molecule has 1 aromatic heterocycles. The molecule has 2 aromatic carbocycles. The van der Waals surface area contributed by atoms with Gasteiger partial charge in [-0.25, -0.2) is 4.98 Å². The van der Waals surface area contributed by atoms with E-state index >= 15 is 0 Å². The molecule has 10 heteroatoms. The van der Waals surface area contributed by atoms with Gasteiger partial charge < -0.3 is 0 Å².